The van der Waals surface area contributed by atoms with Gasteiger partial charge in [0.1, 0.15) is 5.54 Å². The number of hydrogen-bond acceptors (Lipinski definition) is 4. The Bertz CT molecular complexity index is 270. The highest BCUT2D eigenvalue weighted by atomic mass is 16.5. The molecule has 1 amide bonds. The minimum Gasteiger partial charge on any atom is -0.464 e. The highest BCUT2D eigenvalue weighted by Crippen LogP contribution is 2.11. The molecule has 1 fully saturated rings. The van der Waals surface area contributed by atoms with Crippen molar-refractivity contribution in [2.75, 3.05) is 19.7 Å². The fourth-order valence-corrected chi connectivity index (χ4v) is 1.65. The molecule has 0 aliphatic carbocycles. The van der Waals surface area contributed by atoms with E-state index in [1.54, 1.807) is 20.8 Å². The SMILES string of the molecule is CCOC(=O)C(C)(C)NC(=O)C1CCNC1. The average molecular weight is 228 g/mol. The second kappa shape index (κ2) is 5.30. The Labute approximate surface area is 95.9 Å². The molecule has 0 radical (unpaired) electrons. The van der Waals surface area contributed by atoms with Crippen LogP contribution in [0.1, 0.15) is 27.2 Å². The van der Waals surface area contributed by atoms with Gasteiger partial charge in [-0.3, -0.25) is 4.79 Å². The number of amides is 1. The number of rotatable bonds is 4. The van der Waals surface area contributed by atoms with Crippen LogP contribution < -0.4 is 10.6 Å². The third-order valence-corrected chi connectivity index (χ3v) is 2.65. The minimum atomic E-state index is -0.949. The molecule has 0 aromatic carbocycles. The van der Waals surface area contributed by atoms with Crippen LogP contribution in [0, 0.1) is 5.92 Å². The lowest BCUT2D eigenvalue weighted by Gasteiger charge is -2.25. The zero-order valence-corrected chi connectivity index (χ0v) is 10.1. The van der Waals surface area contributed by atoms with Gasteiger partial charge < -0.3 is 15.4 Å². The topological polar surface area (TPSA) is 67.4 Å². The number of esters is 1. The number of carbonyl (C=O) groups is 2. The van der Waals surface area contributed by atoms with E-state index in [1.807, 2.05) is 0 Å². The quantitative estimate of drug-likeness (QED) is 0.667. The number of hydrogen-bond donors (Lipinski definition) is 2. The first-order chi connectivity index (χ1) is 7.47. The van der Waals surface area contributed by atoms with Crippen molar-refractivity contribution in [3.05, 3.63) is 0 Å². The van der Waals surface area contributed by atoms with Gasteiger partial charge in [0.15, 0.2) is 0 Å². The Morgan fingerprint density at radius 3 is 2.69 bits per heavy atom. The van der Waals surface area contributed by atoms with Crippen molar-refractivity contribution < 1.29 is 14.3 Å². The first kappa shape index (κ1) is 13.0. The van der Waals surface area contributed by atoms with Crippen LogP contribution in [0.25, 0.3) is 0 Å². The Balaban J connectivity index is 2.50. The van der Waals surface area contributed by atoms with Gasteiger partial charge in [0.05, 0.1) is 12.5 Å². The molecule has 1 unspecified atom stereocenters. The van der Waals surface area contributed by atoms with Crippen molar-refractivity contribution in [3.8, 4) is 0 Å². The fourth-order valence-electron chi connectivity index (χ4n) is 1.65. The Hall–Kier alpha value is -1.10. The standard InChI is InChI=1S/C11H20N2O3/c1-4-16-10(15)11(2,3)13-9(14)8-5-6-12-7-8/h8,12H,4-7H2,1-3H3,(H,13,14). The number of nitrogens with one attached hydrogen (secondary N) is 2. The maximum Gasteiger partial charge on any atom is 0.331 e. The summed E-state index contributed by atoms with van der Waals surface area (Å²) in [5.74, 6) is -0.508. The predicted octanol–water partition coefficient (Wildman–Crippen LogP) is 0.0538. The molecule has 0 spiro atoms. The van der Waals surface area contributed by atoms with Gasteiger partial charge in [0.2, 0.25) is 5.91 Å². The molecule has 1 atom stereocenters. The van der Waals surface area contributed by atoms with Crippen molar-refractivity contribution in [3.63, 3.8) is 0 Å². The third kappa shape index (κ3) is 3.20. The van der Waals surface area contributed by atoms with Gasteiger partial charge in [0.25, 0.3) is 0 Å². The fraction of sp³-hybridized carbons (Fsp3) is 0.818. The first-order valence-electron chi connectivity index (χ1n) is 5.67. The van der Waals surface area contributed by atoms with E-state index >= 15 is 0 Å². The number of ether oxygens (including phenoxy) is 1. The molecule has 0 aromatic heterocycles. The lowest BCUT2D eigenvalue weighted by Crippen LogP contribution is -2.52. The van der Waals surface area contributed by atoms with E-state index in [9.17, 15) is 9.59 Å². The molecule has 5 heteroatoms. The van der Waals surface area contributed by atoms with Crippen molar-refractivity contribution >= 4 is 11.9 Å². The summed E-state index contributed by atoms with van der Waals surface area (Å²) in [6.07, 6.45) is 0.824. The normalized spacial score (nSPS) is 20.6. The summed E-state index contributed by atoms with van der Waals surface area (Å²) < 4.78 is 4.90. The van der Waals surface area contributed by atoms with Crippen LogP contribution in [0.2, 0.25) is 0 Å². The van der Waals surface area contributed by atoms with Crippen LogP contribution in [0.5, 0.6) is 0 Å². The molecule has 1 aliphatic heterocycles. The van der Waals surface area contributed by atoms with E-state index in [1.165, 1.54) is 0 Å². The van der Waals surface area contributed by atoms with E-state index in [0.717, 1.165) is 13.0 Å². The monoisotopic (exact) mass is 228 g/mol. The molecule has 2 N–H and O–H groups in total. The molecule has 0 saturated carbocycles. The van der Waals surface area contributed by atoms with Gasteiger partial charge in [-0.15, -0.1) is 0 Å². The zero-order chi connectivity index (χ0) is 12.2. The van der Waals surface area contributed by atoms with Crippen LogP contribution in [0.15, 0.2) is 0 Å². The van der Waals surface area contributed by atoms with E-state index < -0.39 is 11.5 Å². The Morgan fingerprint density at radius 2 is 2.19 bits per heavy atom. The highest BCUT2D eigenvalue weighted by Gasteiger charge is 2.34. The summed E-state index contributed by atoms with van der Waals surface area (Å²) in [5, 5.41) is 5.85. The summed E-state index contributed by atoms with van der Waals surface area (Å²) >= 11 is 0. The molecular weight excluding hydrogens is 208 g/mol. The molecule has 1 saturated heterocycles. The zero-order valence-electron chi connectivity index (χ0n) is 10.1. The van der Waals surface area contributed by atoms with Crippen LogP contribution >= 0.6 is 0 Å². The van der Waals surface area contributed by atoms with Crippen LogP contribution in [-0.2, 0) is 14.3 Å². The van der Waals surface area contributed by atoms with E-state index in [0.29, 0.717) is 13.2 Å². The van der Waals surface area contributed by atoms with Gasteiger partial charge in [0, 0.05) is 6.54 Å². The van der Waals surface area contributed by atoms with E-state index in [4.69, 9.17) is 4.74 Å². The summed E-state index contributed by atoms with van der Waals surface area (Å²) in [7, 11) is 0. The van der Waals surface area contributed by atoms with Crippen molar-refractivity contribution in [2.24, 2.45) is 5.92 Å². The molecule has 0 bridgehead atoms. The predicted molar refractivity (Wildman–Crippen MR) is 59.8 cm³/mol. The first-order valence-corrected chi connectivity index (χ1v) is 5.67. The van der Waals surface area contributed by atoms with Crippen LogP contribution in [0.3, 0.4) is 0 Å². The Morgan fingerprint density at radius 1 is 1.50 bits per heavy atom. The summed E-state index contributed by atoms with van der Waals surface area (Å²) in [4.78, 5) is 23.4. The molecule has 5 nitrogen and oxygen atoms in total. The average Bonchev–Trinajstić information content (AvgIpc) is 2.70. The summed E-state index contributed by atoms with van der Waals surface area (Å²) in [6, 6.07) is 0. The van der Waals surface area contributed by atoms with Crippen molar-refractivity contribution in [2.45, 2.75) is 32.7 Å². The smallest absolute Gasteiger partial charge is 0.331 e. The van der Waals surface area contributed by atoms with Crippen molar-refractivity contribution in [1.29, 1.82) is 0 Å². The van der Waals surface area contributed by atoms with Crippen LogP contribution in [0.4, 0.5) is 0 Å². The largest absolute Gasteiger partial charge is 0.464 e. The molecular formula is C11H20N2O3. The maximum absolute atomic E-state index is 11.8. The molecule has 1 aliphatic rings. The minimum absolute atomic E-state index is 0.0336. The van der Waals surface area contributed by atoms with Gasteiger partial charge in [-0.25, -0.2) is 4.79 Å². The number of carbonyl (C=O) groups excluding carboxylic acids is 2. The lowest BCUT2D eigenvalue weighted by atomic mass is 10.0. The maximum atomic E-state index is 11.8. The van der Waals surface area contributed by atoms with E-state index in [2.05, 4.69) is 10.6 Å². The Kier molecular flexibility index (Phi) is 4.29. The molecule has 1 rings (SSSR count). The third-order valence-electron chi connectivity index (χ3n) is 2.65. The summed E-state index contributed by atoms with van der Waals surface area (Å²) in [5.41, 5.74) is -0.949. The highest BCUT2D eigenvalue weighted by molar-refractivity contribution is 5.88. The van der Waals surface area contributed by atoms with E-state index in [-0.39, 0.29) is 11.8 Å². The second-order valence-corrected chi connectivity index (χ2v) is 4.52. The van der Waals surface area contributed by atoms with Crippen LogP contribution in [-0.4, -0.2) is 37.1 Å². The van der Waals surface area contributed by atoms with Gasteiger partial charge in [-0.05, 0) is 33.7 Å². The molecule has 1 heterocycles. The molecule has 92 valence electrons. The van der Waals surface area contributed by atoms with Crippen molar-refractivity contribution in [1.82, 2.24) is 10.6 Å². The van der Waals surface area contributed by atoms with Gasteiger partial charge in [-0.1, -0.05) is 0 Å². The molecule has 0 aromatic rings. The second-order valence-electron chi connectivity index (χ2n) is 4.52. The lowest BCUT2D eigenvalue weighted by molar-refractivity contribution is -0.152. The molecule has 16 heavy (non-hydrogen) atoms. The summed E-state index contributed by atoms with van der Waals surface area (Å²) in [6.45, 7) is 6.93. The van der Waals surface area contributed by atoms with Gasteiger partial charge >= 0.3 is 5.97 Å². The van der Waals surface area contributed by atoms with Gasteiger partial charge in [-0.2, -0.15) is 0 Å².